The van der Waals surface area contributed by atoms with Crippen LogP contribution in [0.2, 0.25) is 0 Å². The van der Waals surface area contributed by atoms with Gasteiger partial charge in [0.2, 0.25) is 17.7 Å². The summed E-state index contributed by atoms with van der Waals surface area (Å²) in [5, 5.41) is 5.34. The lowest BCUT2D eigenvalue weighted by Crippen LogP contribution is -2.53. The zero-order valence-electron chi connectivity index (χ0n) is 15.1. The van der Waals surface area contributed by atoms with Gasteiger partial charge in [-0.25, -0.2) is 0 Å². The van der Waals surface area contributed by atoms with Crippen molar-refractivity contribution in [1.82, 2.24) is 10.6 Å². The molecule has 2 atom stereocenters. The molecule has 1 aromatic carbocycles. The fraction of sp³-hybridized carbons (Fsp3) is 0.526. The van der Waals surface area contributed by atoms with E-state index in [9.17, 15) is 14.4 Å². The first-order chi connectivity index (χ1) is 11.9. The number of rotatable bonds is 11. The Hall–Kier alpha value is -2.37. The number of carbonyl (C=O) groups excluding carboxylic acids is 3. The lowest BCUT2D eigenvalue weighted by molar-refractivity contribution is -0.130. The van der Waals surface area contributed by atoms with Crippen LogP contribution >= 0.6 is 0 Å². The summed E-state index contributed by atoms with van der Waals surface area (Å²) in [6.45, 7) is 3.47. The van der Waals surface area contributed by atoms with Crippen molar-refractivity contribution < 1.29 is 14.4 Å². The summed E-state index contributed by atoms with van der Waals surface area (Å²) in [5.41, 5.74) is 6.34. The number of unbranched alkanes of at least 4 members (excludes halogenated alkanes) is 3. The molecule has 0 radical (unpaired) electrons. The van der Waals surface area contributed by atoms with E-state index in [-0.39, 0.29) is 5.91 Å². The van der Waals surface area contributed by atoms with Gasteiger partial charge in [0.25, 0.3) is 0 Å². The van der Waals surface area contributed by atoms with Crippen molar-refractivity contribution in [2.75, 3.05) is 0 Å². The van der Waals surface area contributed by atoms with Gasteiger partial charge in [0.1, 0.15) is 12.1 Å². The molecule has 0 saturated carbocycles. The van der Waals surface area contributed by atoms with Crippen LogP contribution in [0, 0.1) is 0 Å². The molecule has 1 aromatic rings. The van der Waals surface area contributed by atoms with Crippen molar-refractivity contribution in [3.8, 4) is 0 Å². The van der Waals surface area contributed by atoms with Gasteiger partial charge in [-0.1, -0.05) is 62.9 Å². The smallest absolute Gasteiger partial charge is 0.243 e. The van der Waals surface area contributed by atoms with E-state index in [1.807, 2.05) is 30.3 Å². The first-order valence-electron chi connectivity index (χ1n) is 8.84. The summed E-state index contributed by atoms with van der Waals surface area (Å²) in [5.74, 6) is -1.24. The highest BCUT2D eigenvalue weighted by molar-refractivity contribution is 5.91. The van der Waals surface area contributed by atoms with E-state index in [0.29, 0.717) is 12.8 Å². The zero-order chi connectivity index (χ0) is 18.7. The summed E-state index contributed by atoms with van der Waals surface area (Å²) in [6, 6.07) is 7.96. The maximum atomic E-state index is 12.6. The van der Waals surface area contributed by atoms with Gasteiger partial charge in [0, 0.05) is 13.3 Å². The minimum absolute atomic E-state index is 0.297. The van der Waals surface area contributed by atoms with Crippen LogP contribution in [0.5, 0.6) is 0 Å². The lowest BCUT2D eigenvalue weighted by Gasteiger charge is -2.21. The number of hydrogen-bond donors (Lipinski definition) is 3. The Morgan fingerprint density at radius 2 is 1.68 bits per heavy atom. The Labute approximate surface area is 149 Å². The molecule has 1 rings (SSSR count). The number of carbonyl (C=O) groups is 3. The van der Waals surface area contributed by atoms with Crippen LogP contribution in [0.25, 0.3) is 0 Å². The molecule has 0 fully saturated rings. The quantitative estimate of drug-likeness (QED) is 0.531. The number of hydrogen-bond acceptors (Lipinski definition) is 3. The molecule has 0 aliphatic heterocycles. The van der Waals surface area contributed by atoms with Gasteiger partial charge < -0.3 is 16.4 Å². The van der Waals surface area contributed by atoms with E-state index in [1.54, 1.807) is 0 Å². The van der Waals surface area contributed by atoms with Gasteiger partial charge in [0.05, 0.1) is 0 Å². The second kappa shape index (κ2) is 11.2. The highest BCUT2D eigenvalue weighted by Gasteiger charge is 2.24. The first-order valence-corrected chi connectivity index (χ1v) is 8.84. The van der Waals surface area contributed by atoms with E-state index in [4.69, 9.17) is 5.73 Å². The topological polar surface area (TPSA) is 101 Å². The Bertz CT molecular complexity index is 560. The van der Waals surface area contributed by atoms with Crippen molar-refractivity contribution in [2.24, 2.45) is 5.73 Å². The highest BCUT2D eigenvalue weighted by Crippen LogP contribution is 2.08. The van der Waals surface area contributed by atoms with Gasteiger partial charge in [-0.3, -0.25) is 14.4 Å². The third-order valence-electron chi connectivity index (χ3n) is 3.98. The van der Waals surface area contributed by atoms with E-state index in [0.717, 1.165) is 31.2 Å². The standard InChI is InChI=1S/C19H29N3O3/c1-3-4-5-9-12-16(18(20)24)22-19(25)17(21-14(2)23)13-15-10-7-6-8-11-15/h6-8,10-11,16-17H,3-5,9,12-13H2,1-2H3,(H2,20,24)(H,21,23)(H,22,25)/t16-,17+/m1/s1. The number of nitrogens with two attached hydrogens (primary N) is 1. The zero-order valence-corrected chi connectivity index (χ0v) is 15.1. The second-order valence-corrected chi connectivity index (χ2v) is 6.26. The number of nitrogens with one attached hydrogen (secondary N) is 2. The van der Waals surface area contributed by atoms with Crippen LogP contribution in [0.15, 0.2) is 30.3 Å². The Kier molecular flexibility index (Phi) is 9.29. The lowest BCUT2D eigenvalue weighted by atomic mass is 10.0. The van der Waals surface area contributed by atoms with Gasteiger partial charge in [-0.2, -0.15) is 0 Å². The predicted octanol–water partition coefficient (Wildman–Crippen LogP) is 1.67. The molecule has 0 bridgehead atoms. The summed E-state index contributed by atoms with van der Waals surface area (Å²) in [7, 11) is 0. The fourth-order valence-corrected chi connectivity index (χ4v) is 2.64. The van der Waals surface area contributed by atoms with E-state index in [1.165, 1.54) is 6.92 Å². The molecule has 0 aromatic heterocycles. The number of primary amides is 1. The average molecular weight is 347 g/mol. The van der Waals surface area contributed by atoms with Crippen LogP contribution in [-0.2, 0) is 20.8 Å². The fourth-order valence-electron chi connectivity index (χ4n) is 2.64. The van der Waals surface area contributed by atoms with Gasteiger partial charge >= 0.3 is 0 Å². The van der Waals surface area contributed by atoms with Crippen molar-refractivity contribution in [3.05, 3.63) is 35.9 Å². The maximum absolute atomic E-state index is 12.6. The predicted molar refractivity (Wildman–Crippen MR) is 97.6 cm³/mol. The minimum Gasteiger partial charge on any atom is -0.368 e. The van der Waals surface area contributed by atoms with Gasteiger partial charge in [0.15, 0.2) is 0 Å². The molecule has 0 spiro atoms. The second-order valence-electron chi connectivity index (χ2n) is 6.26. The van der Waals surface area contributed by atoms with E-state index in [2.05, 4.69) is 17.6 Å². The molecule has 6 heteroatoms. The average Bonchev–Trinajstić information content (AvgIpc) is 2.57. The molecule has 4 N–H and O–H groups in total. The molecule has 0 aliphatic rings. The van der Waals surface area contributed by atoms with Crippen molar-refractivity contribution in [2.45, 2.75) is 64.5 Å². The van der Waals surface area contributed by atoms with Crippen LogP contribution in [0.3, 0.4) is 0 Å². The largest absolute Gasteiger partial charge is 0.368 e. The Balaban J connectivity index is 2.70. The van der Waals surface area contributed by atoms with Crippen LogP contribution < -0.4 is 16.4 Å². The molecular weight excluding hydrogens is 318 g/mol. The molecule has 0 heterocycles. The molecule has 0 saturated heterocycles. The molecule has 138 valence electrons. The summed E-state index contributed by atoms with van der Waals surface area (Å²) >= 11 is 0. The number of amides is 3. The van der Waals surface area contributed by atoms with Gasteiger partial charge in [-0.05, 0) is 12.0 Å². The van der Waals surface area contributed by atoms with Crippen LogP contribution in [-0.4, -0.2) is 29.8 Å². The van der Waals surface area contributed by atoms with Crippen LogP contribution in [0.4, 0.5) is 0 Å². The molecule has 0 unspecified atom stereocenters. The summed E-state index contributed by atoms with van der Waals surface area (Å²) < 4.78 is 0. The first kappa shape index (κ1) is 20.7. The SMILES string of the molecule is CCCCCC[C@@H](NC(=O)[C@H](Cc1ccccc1)NC(C)=O)C(N)=O. The third-order valence-corrected chi connectivity index (χ3v) is 3.98. The van der Waals surface area contributed by atoms with E-state index >= 15 is 0 Å². The monoisotopic (exact) mass is 347 g/mol. The van der Waals surface area contributed by atoms with Gasteiger partial charge in [-0.15, -0.1) is 0 Å². The van der Waals surface area contributed by atoms with Crippen molar-refractivity contribution >= 4 is 17.7 Å². The molecule has 0 aliphatic carbocycles. The number of benzene rings is 1. The minimum atomic E-state index is -0.739. The molecule has 6 nitrogen and oxygen atoms in total. The molecular formula is C19H29N3O3. The maximum Gasteiger partial charge on any atom is 0.243 e. The molecule has 25 heavy (non-hydrogen) atoms. The Morgan fingerprint density at radius 3 is 2.24 bits per heavy atom. The Morgan fingerprint density at radius 1 is 1.00 bits per heavy atom. The van der Waals surface area contributed by atoms with Crippen molar-refractivity contribution in [1.29, 1.82) is 0 Å². The van der Waals surface area contributed by atoms with Crippen molar-refractivity contribution in [3.63, 3.8) is 0 Å². The van der Waals surface area contributed by atoms with Crippen LogP contribution in [0.1, 0.15) is 51.5 Å². The molecule has 3 amide bonds. The third kappa shape index (κ3) is 8.33. The highest BCUT2D eigenvalue weighted by atomic mass is 16.2. The van der Waals surface area contributed by atoms with E-state index < -0.39 is 23.9 Å². The summed E-state index contributed by atoms with van der Waals surface area (Å²) in [4.78, 5) is 35.6. The normalized spacial score (nSPS) is 12.9. The summed E-state index contributed by atoms with van der Waals surface area (Å²) in [6.07, 6.45) is 4.87.